The Bertz CT molecular complexity index is 80.2. The molecule has 0 aliphatic carbocycles. The van der Waals surface area contributed by atoms with Gasteiger partial charge in [-0.3, -0.25) is 0 Å². The molecule has 10 heavy (non-hydrogen) atoms. The highest BCUT2D eigenvalue weighted by atomic mass is 35.5. The third-order valence-corrected chi connectivity index (χ3v) is 2.51. The minimum atomic E-state index is 0.780. The molecule has 0 atom stereocenters. The summed E-state index contributed by atoms with van der Waals surface area (Å²) < 4.78 is 1.05. The first-order valence-corrected chi connectivity index (χ1v) is 5.19. The first-order chi connectivity index (χ1) is 4.56. The number of quaternary nitrogens is 1. The van der Waals surface area contributed by atoms with Crippen molar-refractivity contribution >= 4 is 23.4 Å². The summed E-state index contributed by atoms with van der Waals surface area (Å²) in [5, 5.41) is 0. The molecule has 0 aliphatic rings. The fourth-order valence-corrected chi connectivity index (χ4v) is 1.81. The van der Waals surface area contributed by atoms with Gasteiger partial charge in [0.25, 0.3) is 0 Å². The van der Waals surface area contributed by atoms with Gasteiger partial charge < -0.3 is 4.48 Å². The van der Waals surface area contributed by atoms with E-state index in [2.05, 4.69) is 21.1 Å². The van der Waals surface area contributed by atoms with Gasteiger partial charge >= 0.3 is 0 Å². The van der Waals surface area contributed by atoms with Crippen molar-refractivity contribution in [1.82, 2.24) is 0 Å². The first-order valence-electron chi connectivity index (χ1n) is 3.50. The van der Waals surface area contributed by atoms with E-state index in [1.54, 1.807) is 0 Å². The summed E-state index contributed by atoms with van der Waals surface area (Å²) in [4.78, 5) is 0. The molecule has 0 spiro atoms. The molecular weight excluding hydrogens is 166 g/mol. The summed E-state index contributed by atoms with van der Waals surface area (Å²) in [6, 6.07) is 0. The van der Waals surface area contributed by atoms with Crippen molar-refractivity contribution in [3.8, 4) is 0 Å². The molecule has 1 nitrogen and oxygen atoms in total. The van der Waals surface area contributed by atoms with Crippen LogP contribution in [0.3, 0.4) is 0 Å². The molecule has 0 aromatic rings. The van der Waals surface area contributed by atoms with E-state index in [0.717, 1.165) is 16.1 Å². The number of nitrogens with zero attached hydrogens (tertiary/aromatic N) is 1. The maximum absolute atomic E-state index is 5.53. The summed E-state index contributed by atoms with van der Waals surface area (Å²) in [5.74, 6) is 3.08. The highest BCUT2D eigenvalue weighted by Gasteiger charge is 2.04. The lowest BCUT2D eigenvalue weighted by Crippen LogP contribution is -2.36. The SMILES string of the molecule is C[N+](C)(C)CCSCCCl. The van der Waals surface area contributed by atoms with Gasteiger partial charge in [-0.05, 0) is 0 Å². The van der Waals surface area contributed by atoms with Crippen LogP contribution in [0, 0.1) is 0 Å². The minimum absolute atomic E-state index is 0.780. The number of alkyl halides is 1. The van der Waals surface area contributed by atoms with Crippen LogP contribution in [0.1, 0.15) is 0 Å². The Morgan fingerprint density at radius 2 is 1.80 bits per heavy atom. The average Bonchev–Trinajstić information content (AvgIpc) is 1.78. The summed E-state index contributed by atoms with van der Waals surface area (Å²) >= 11 is 7.46. The molecule has 0 heterocycles. The average molecular weight is 183 g/mol. The Morgan fingerprint density at radius 1 is 1.20 bits per heavy atom. The molecule has 0 rings (SSSR count). The topological polar surface area (TPSA) is 0 Å². The van der Waals surface area contributed by atoms with Gasteiger partial charge in [0.15, 0.2) is 0 Å². The van der Waals surface area contributed by atoms with Crippen LogP contribution in [-0.4, -0.2) is 49.6 Å². The molecule has 0 unspecified atom stereocenters. The lowest BCUT2D eigenvalue weighted by Gasteiger charge is -2.23. The van der Waals surface area contributed by atoms with Crippen LogP contribution in [0.25, 0.3) is 0 Å². The molecule has 0 saturated carbocycles. The lowest BCUT2D eigenvalue weighted by atomic mass is 10.6. The van der Waals surface area contributed by atoms with Gasteiger partial charge in [-0.2, -0.15) is 11.8 Å². The molecule has 0 bridgehead atoms. The Labute approximate surface area is 73.3 Å². The van der Waals surface area contributed by atoms with E-state index in [1.165, 1.54) is 12.3 Å². The van der Waals surface area contributed by atoms with Crippen LogP contribution in [0.4, 0.5) is 0 Å². The molecule has 0 aromatic carbocycles. The molecular formula is C7H17ClNS+. The monoisotopic (exact) mass is 182 g/mol. The maximum Gasteiger partial charge on any atom is 0.0872 e. The summed E-state index contributed by atoms with van der Waals surface area (Å²) in [7, 11) is 6.63. The van der Waals surface area contributed by atoms with Gasteiger partial charge in [-0.1, -0.05) is 0 Å². The van der Waals surface area contributed by atoms with Crippen molar-refractivity contribution in [2.45, 2.75) is 0 Å². The summed E-state index contributed by atoms with van der Waals surface area (Å²) in [6.07, 6.45) is 0. The Morgan fingerprint density at radius 3 is 2.20 bits per heavy atom. The molecule has 0 amide bonds. The number of rotatable bonds is 5. The number of thioether (sulfide) groups is 1. The Hall–Kier alpha value is 0.600. The second-order valence-electron chi connectivity index (χ2n) is 3.32. The molecule has 0 aromatic heterocycles. The van der Waals surface area contributed by atoms with E-state index in [0.29, 0.717) is 0 Å². The van der Waals surface area contributed by atoms with Gasteiger partial charge in [0.2, 0.25) is 0 Å². The van der Waals surface area contributed by atoms with E-state index in [9.17, 15) is 0 Å². The minimum Gasteiger partial charge on any atom is -0.330 e. The predicted octanol–water partition coefficient (Wildman–Crippen LogP) is 1.66. The third kappa shape index (κ3) is 8.60. The molecule has 0 saturated heterocycles. The van der Waals surface area contributed by atoms with E-state index in [4.69, 9.17) is 11.6 Å². The largest absolute Gasteiger partial charge is 0.330 e. The fraction of sp³-hybridized carbons (Fsp3) is 1.00. The standard InChI is InChI=1S/C7H17ClNS/c1-9(2,3)5-7-10-6-4-8/h4-7H2,1-3H3/q+1. The van der Waals surface area contributed by atoms with E-state index >= 15 is 0 Å². The zero-order valence-electron chi connectivity index (χ0n) is 7.06. The summed E-state index contributed by atoms with van der Waals surface area (Å²) in [5.41, 5.74) is 0. The van der Waals surface area contributed by atoms with Crippen molar-refractivity contribution in [2.24, 2.45) is 0 Å². The van der Waals surface area contributed by atoms with Crippen molar-refractivity contribution in [1.29, 1.82) is 0 Å². The van der Waals surface area contributed by atoms with Crippen LogP contribution in [0.15, 0.2) is 0 Å². The van der Waals surface area contributed by atoms with Crippen molar-refractivity contribution in [3.63, 3.8) is 0 Å². The lowest BCUT2D eigenvalue weighted by molar-refractivity contribution is -0.867. The van der Waals surface area contributed by atoms with Crippen LogP contribution in [0.5, 0.6) is 0 Å². The van der Waals surface area contributed by atoms with E-state index in [1.807, 2.05) is 11.8 Å². The van der Waals surface area contributed by atoms with E-state index in [-0.39, 0.29) is 0 Å². The van der Waals surface area contributed by atoms with Gasteiger partial charge in [-0.15, -0.1) is 11.6 Å². The smallest absolute Gasteiger partial charge is 0.0872 e. The van der Waals surface area contributed by atoms with Gasteiger partial charge in [0, 0.05) is 17.4 Å². The van der Waals surface area contributed by atoms with Crippen molar-refractivity contribution in [3.05, 3.63) is 0 Å². The molecule has 62 valence electrons. The third-order valence-electron chi connectivity index (χ3n) is 1.13. The molecule has 0 radical (unpaired) electrons. The van der Waals surface area contributed by atoms with Crippen LogP contribution >= 0.6 is 23.4 Å². The fourth-order valence-electron chi connectivity index (χ4n) is 0.495. The van der Waals surface area contributed by atoms with Crippen LogP contribution in [-0.2, 0) is 0 Å². The Balaban J connectivity index is 3.04. The highest BCUT2D eigenvalue weighted by molar-refractivity contribution is 7.99. The van der Waals surface area contributed by atoms with E-state index < -0.39 is 0 Å². The second-order valence-corrected chi connectivity index (χ2v) is 4.92. The molecule has 0 aliphatic heterocycles. The maximum atomic E-state index is 5.53. The van der Waals surface area contributed by atoms with Crippen molar-refractivity contribution in [2.75, 3.05) is 45.1 Å². The number of halogens is 1. The molecule has 3 heteroatoms. The summed E-state index contributed by atoms with van der Waals surface area (Å²) in [6.45, 7) is 1.22. The second kappa shape index (κ2) is 5.28. The molecule has 0 N–H and O–H groups in total. The predicted molar refractivity (Wildman–Crippen MR) is 50.9 cm³/mol. The van der Waals surface area contributed by atoms with Crippen molar-refractivity contribution < 1.29 is 4.48 Å². The van der Waals surface area contributed by atoms with Gasteiger partial charge in [0.1, 0.15) is 0 Å². The first kappa shape index (κ1) is 10.6. The quantitative estimate of drug-likeness (QED) is 0.354. The zero-order valence-corrected chi connectivity index (χ0v) is 8.63. The normalized spacial score (nSPS) is 12.0. The van der Waals surface area contributed by atoms with Crippen LogP contribution < -0.4 is 0 Å². The Kier molecular flexibility index (Phi) is 5.59. The van der Waals surface area contributed by atoms with Gasteiger partial charge in [0.05, 0.1) is 27.7 Å². The zero-order chi connectivity index (χ0) is 8.04. The highest BCUT2D eigenvalue weighted by Crippen LogP contribution is 2.02. The number of hydrogen-bond acceptors (Lipinski definition) is 1. The molecule has 0 fully saturated rings. The van der Waals surface area contributed by atoms with Crippen LogP contribution in [0.2, 0.25) is 0 Å². The van der Waals surface area contributed by atoms with Gasteiger partial charge in [-0.25, -0.2) is 0 Å². The number of hydrogen-bond donors (Lipinski definition) is 0.